The Morgan fingerprint density at radius 2 is 2.12 bits per heavy atom. The number of carbonyl (C=O) groups excluding carboxylic acids is 1. The molecule has 0 aromatic heterocycles. The fourth-order valence-electron chi connectivity index (χ4n) is 2.30. The Bertz CT molecular complexity index is 393. The third kappa shape index (κ3) is 2.91. The standard InChI is InChI=1S/C14H18FNO/c1-14(7-2-8-16-10-14)13(17)9-11-3-5-12(15)6-4-11/h3-6,16H,2,7-10H2,1H3. The molecule has 0 amide bonds. The third-order valence-corrected chi connectivity index (χ3v) is 3.55. The van der Waals surface area contributed by atoms with Crippen LogP contribution >= 0.6 is 0 Å². The molecule has 1 aromatic carbocycles. The molecule has 0 radical (unpaired) electrons. The van der Waals surface area contributed by atoms with E-state index in [1.807, 2.05) is 6.92 Å². The normalized spacial score (nSPS) is 24.6. The predicted molar refractivity (Wildman–Crippen MR) is 65.3 cm³/mol. The lowest BCUT2D eigenvalue weighted by Gasteiger charge is -2.32. The second kappa shape index (κ2) is 4.96. The van der Waals surface area contributed by atoms with E-state index in [-0.39, 0.29) is 17.0 Å². The Morgan fingerprint density at radius 1 is 1.41 bits per heavy atom. The second-order valence-corrected chi connectivity index (χ2v) is 5.07. The molecule has 1 fully saturated rings. The van der Waals surface area contributed by atoms with Gasteiger partial charge in [0.2, 0.25) is 0 Å². The van der Waals surface area contributed by atoms with Crippen molar-refractivity contribution in [1.29, 1.82) is 0 Å². The zero-order valence-corrected chi connectivity index (χ0v) is 10.1. The topological polar surface area (TPSA) is 29.1 Å². The summed E-state index contributed by atoms with van der Waals surface area (Å²) in [5.74, 6) is -0.0111. The Morgan fingerprint density at radius 3 is 2.71 bits per heavy atom. The average molecular weight is 235 g/mol. The molecule has 2 rings (SSSR count). The highest BCUT2D eigenvalue weighted by atomic mass is 19.1. The summed E-state index contributed by atoms with van der Waals surface area (Å²) in [6, 6.07) is 6.19. The zero-order valence-electron chi connectivity index (χ0n) is 10.1. The number of halogens is 1. The van der Waals surface area contributed by atoms with Crippen molar-refractivity contribution in [3.05, 3.63) is 35.6 Å². The van der Waals surface area contributed by atoms with Gasteiger partial charge in [0.05, 0.1) is 0 Å². The molecular formula is C14H18FNO. The van der Waals surface area contributed by atoms with Crippen molar-refractivity contribution < 1.29 is 9.18 Å². The van der Waals surface area contributed by atoms with Crippen molar-refractivity contribution >= 4 is 5.78 Å². The number of nitrogens with one attached hydrogen (secondary N) is 1. The molecular weight excluding hydrogens is 217 g/mol. The van der Waals surface area contributed by atoms with Crippen LogP contribution in [-0.2, 0) is 11.2 Å². The number of hydrogen-bond acceptors (Lipinski definition) is 2. The number of piperidine rings is 1. The maximum Gasteiger partial charge on any atom is 0.144 e. The summed E-state index contributed by atoms with van der Waals surface area (Å²) in [4.78, 5) is 12.2. The first-order valence-electron chi connectivity index (χ1n) is 6.09. The second-order valence-electron chi connectivity index (χ2n) is 5.07. The van der Waals surface area contributed by atoms with Gasteiger partial charge in [0.1, 0.15) is 11.6 Å². The first-order valence-corrected chi connectivity index (χ1v) is 6.09. The first kappa shape index (κ1) is 12.2. The van der Waals surface area contributed by atoms with Crippen molar-refractivity contribution in [2.75, 3.05) is 13.1 Å². The molecule has 1 N–H and O–H groups in total. The van der Waals surface area contributed by atoms with Gasteiger partial charge >= 0.3 is 0 Å². The highest BCUT2D eigenvalue weighted by Crippen LogP contribution is 2.28. The fourth-order valence-corrected chi connectivity index (χ4v) is 2.30. The van der Waals surface area contributed by atoms with Crippen LogP contribution in [0, 0.1) is 11.2 Å². The summed E-state index contributed by atoms with van der Waals surface area (Å²) in [6.07, 6.45) is 2.39. The molecule has 1 atom stereocenters. The van der Waals surface area contributed by atoms with Crippen LogP contribution in [0.15, 0.2) is 24.3 Å². The number of ketones is 1. The molecule has 1 heterocycles. The van der Waals surface area contributed by atoms with Gasteiger partial charge in [-0.25, -0.2) is 4.39 Å². The third-order valence-electron chi connectivity index (χ3n) is 3.55. The molecule has 0 spiro atoms. The molecule has 1 unspecified atom stereocenters. The van der Waals surface area contributed by atoms with Crippen molar-refractivity contribution in [3.63, 3.8) is 0 Å². The number of carbonyl (C=O) groups is 1. The summed E-state index contributed by atoms with van der Waals surface area (Å²) < 4.78 is 12.8. The van der Waals surface area contributed by atoms with Gasteiger partial charge in [0.25, 0.3) is 0 Å². The van der Waals surface area contributed by atoms with Gasteiger partial charge in [-0.2, -0.15) is 0 Å². The molecule has 1 aliphatic rings. The summed E-state index contributed by atoms with van der Waals surface area (Å²) in [5, 5.41) is 3.27. The van der Waals surface area contributed by atoms with Gasteiger partial charge in [-0.05, 0) is 37.1 Å². The maximum atomic E-state index is 12.8. The lowest BCUT2D eigenvalue weighted by atomic mass is 9.77. The van der Waals surface area contributed by atoms with E-state index in [2.05, 4.69) is 5.32 Å². The first-order chi connectivity index (χ1) is 8.10. The maximum absolute atomic E-state index is 12.8. The van der Waals surface area contributed by atoms with Gasteiger partial charge in [-0.3, -0.25) is 4.79 Å². The fraction of sp³-hybridized carbons (Fsp3) is 0.500. The minimum Gasteiger partial charge on any atom is -0.316 e. The molecule has 3 heteroatoms. The van der Waals surface area contributed by atoms with Crippen LogP contribution in [0.3, 0.4) is 0 Å². The Kier molecular flexibility index (Phi) is 3.57. The molecule has 1 saturated heterocycles. The Balaban J connectivity index is 2.03. The number of rotatable bonds is 3. The van der Waals surface area contributed by atoms with Gasteiger partial charge in [-0.1, -0.05) is 19.1 Å². The Labute approximate surface area is 101 Å². The van der Waals surface area contributed by atoms with Crippen molar-refractivity contribution in [3.8, 4) is 0 Å². The molecule has 92 valence electrons. The summed E-state index contributed by atoms with van der Waals surface area (Å²) in [7, 11) is 0. The monoisotopic (exact) mass is 235 g/mol. The van der Waals surface area contributed by atoms with Crippen LogP contribution in [-0.4, -0.2) is 18.9 Å². The number of hydrogen-bond donors (Lipinski definition) is 1. The van der Waals surface area contributed by atoms with Crippen molar-refractivity contribution in [1.82, 2.24) is 5.32 Å². The van der Waals surface area contributed by atoms with Crippen molar-refractivity contribution in [2.24, 2.45) is 5.41 Å². The molecule has 1 aromatic rings. The molecule has 1 aliphatic heterocycles. The van der Waals surface area contributed by atoms with E-state index in [0.717, 1.165) is 31.5 Å². The van der Waals surface area contributed by atoms with Gasteiger partial charge in [0, 0.05) is 18.4 Å². The van der Waals surface area contributed by atoms with E-state index in [9.17, 15) is 9.18 Å². The van der Waals surface area contributed by atoms with Crippen LogP contribution < -0.4 is 5.32 Å². The lowest BCUT2D eigenvalue weighted by molar-refractivity contribution is -0.128. The Hall–Kier alpha value is -1.22. The number of benzene rings is 1. The molecule has 0 saturated carbocycles. The zero-order chi connectivity index (χ0) is 12.3. The summed E-state index contributed by atoms with van der Waals surface area (Å²) in [5.41, 5.74) is 0.635. The molecule has 0 aliphatic carbocycles. The molecule has 0 bridgehead atoms. The molecule has 17 heavy (non-hydrogen) atoms. The highest BCUT2D eigenvalue weighted by Gasteiger charge is 2.33. The van der Waals surface area contributed by atoms with E-state index < -0.39 is 0 Å². The minimum atomic E-state index is -0.258. The van der Waals surface area contributed by atoms with E-state index in [0.29, 0.717) is 6.42 Å². The van der Waals surface area contributed by atoms with Gasteiger partial charge in [-0.15, -0.1) is 0 Å². The van der Waals surface area contributed by atoms with Gasteiger partial charge < -0.3 is 5.32 Å². The summed E-state index contributed by atoms with van der Waals surface area (Å²) in [6.45, 7) is 3.78. The lowest BCUT2D eigenvalue weighted by Crippen LogP contribution is -2.44. The van der Waals surface area contributed by atoms with Crippen LogP contribution in [0.25, 0.3) is 0 Å². The largest absolute Gasteiger partial charge is 0.316 e. The minimum absolute atomic E-state index is 0.247. The van der Waals surface area contributed by atoms with Crippen LogP contribution in [0.4, 0.5) is 4.39 Å². The van der Waals surface area contributed by atoms with Crippen LogP contribution in [0.2, 0.25) is 0 Å². The van der Waals surface area contributed by atoms with E-state index in [4.69, 9.17) is 0 Å². The smallest absolute Gasteiger partial charge is 0.144 e. The number of Topliss-reactive ketones (excluding diaryl/α,β-unsaturated/α-hetero) is 1. The average Bonchev–Trinajstić information content (AvgIpc) is 2.33. The SMILES string of the molecule is CC1(C(=O)Cc2ccc(F)cc2)CCCNC1. The van der Waals surface area contributed by atoms with Crippen LogP contribution in [0.1, 0.15) is 25.3 Å². The van der Waals surface area contributed by atoms with Crippen LogP contribution in [0.5, 0.6) is 0 Å². The summed E-state index contributed by atoms with van der Waals surface area (Å²) >= 11 is 0. The highest BCUT2D eigenvalue weighted by molar-refractivity contribution is 5.86. The van der Waals surface area contributed by atoms with E-state index >= 15 is 0 Å². The van der Waals surface area contributed by atoms with E-state index in [1.165, 1.54) is 12.1 Å². The van der Waals surface area contributed by atoms with Gasteiger partial charge in [0.15, 0.2) is 0 Å². The quantitative estimate of drug-likeness (QED) is 0.871. The molecule has 2 nitrogen and oxygen atoms in total. The van der Waals surface area contributed by atoms with E-state index in [1.54, 1.807) is 12.1 Å². The van der Waals surface area contributed by atoms with Crippen molar-refractivity contribution in [2.45, 2.75) is 26.2 Å². The predicted octanol–water partition coefficient (Wildman–Crippen LogP) is 2.33.